The maximum Gasteiger partial charge on any atom is 0.129 e. The normalized spacial score (nSPS) is 12.7. The molecule has 1 unspecified atom stereocenters. The molecule has 0 aliphatic rings. The molecular weight excluding hydrogens is 285 g/mol. The lowest BCUT2D eigenvalue weighted by molar-refractivity contribution is 0.534. The fourth-order valence-electron chi connectivity index (χ4n) is 2.47. The van der Waals surface area contributed by atoms with E-state index in [4.69, 9.17) is 11.6 Å². The molecule has 0 bridgehead atoms. The van der Waals surface area contributed by atoms with Crippen LogP contribution in [0.15, 0.2) is 42.5 Å². The predicted octanol–water partition coefficient (Wildman–Crippen LogP) is 5.11. The van der Waals surface area contributed by atoms with E-state index in [0.717, 1.165) is 5.56 Å². The minimum Gasteiger partial charge on any atom is -0.313 e. The van der Waals surface area contributed by atoms with Crippen LogP contribution in [0.4, 0.5) is 4.39 Å². The van der Waals surface area contributed by atoms with Gasteiger partial charge in [-0.15, -0.1) is 0 Å². The third-order valence-corrected chi connectivity index (χ3v) is 4.11. The second-order valence-corrected chi connectivity index (χ2v) is 5.98. The third-order valence-electron chi connectivity index (χ3n) is 3.78. The van der Waals surface area contributed by atoms with Crippen molar-refractivity contribution in [3.05, 3.63) is 70.0 Å². The third kappa shape index (κ3) is 3.84. The Morgan fingerprint density at radius 3 is 2.29 bits per heavy atom. The molecule has 1 N–H and O–H groups in total. The largest absolute Gasteiger partial charge is 0.313 e. The molecule has 0 saturated heterocycles. The van der Waals surface area contributed by atoms with E-state index in [1.165, 1.54) is 11.6 Å². The summed E-state index contributed by atoms with van der Waals surface area (Å²) in [4.78, 5) is 0. The summed E-state index contributed by atoms with van der Waals surface area (Å²) in [5, 5.41) is 3.63. The van der Waals surface area contributed by atoms with Crippen LogP contribution in [0, 0.1) is 5.82 Å². The van der Waals surface area contributed by atoms with Gasteiger partial charge < -0.3 is 5.32 Å². The second-order valence-electron chi connectivity index (χ2n) is 5.58. The van der Waals surface area contributed by atoms with Crippen molar-refractivity contribution in [2.24, 2.45) is 0 Å². The molecule has 0 saturated carbocycles. The number of hydrogen-bond acceptors (Lipinski definition) is 1. The number of benzene rings is 2. The van der Waals surface area contributed by atoms with Crippen LogP contribution < -0.4 is 5.32 Å². The minimum atomic E-state index is -0.263. The summed E-state index contributed by atoms with van der Waals surface area (Å²) in [6.07, 6.45) is 0.704. The van der Waals surface area contributed by atoms with Crippen LogP contribution in [-0.4, -0.2) is 7.05 Å². The molecule has 0 amide bonds. The van der Waals surface area contributed by atoms with Gasteiger partial charge >= 0.3 is 0 Å². The van der Waals surface area contributed by atoms with Crippen molar-refractivity contribution >= 4 is 11.6 Å². The molecule has 21 heavy (non-hydrogen) atoms. The predicted molar refractivity (Wildman–Crippen MR) is 87.4 cm³/mol. The Balaban J connectivity index is 2.23. The molecule has 112 valence electrons. The van der Waals surface area contributed by atoms with Crippen LogP contribution in [0.3, 0.4) is 0 Å². The average Bonchev–Trinajstić information content (AvgIpc) is 2.46. The van der Waals surface area contributed by atoms with Gasteiger partial charge in [-0.3, -0.25) is 0 Å². The first kappa shape index (κ1) is 16.0. The van der Waals surface area contributed by atoms with E-state index < -0.39 is 0 Å². The molecule has 2 rings (SSSR count). The quantitative estimate of drug-likeness (QED) is 0.810. The van der Waals surface area contributed by atoms with Gasteiger partial charge in [0.25, 0.3) is 0 Å². The van der Waals surface area contributed by atoms with Crippen LogP contribution >= 0.6 is 11.6 Å². The molecule has 1 nitrogen and oxygen atoms in total. The Labute approximate surface area is 131 Å². The van der Waals surface area contributed by atoms with Crippen molar-refractivity contribution in [1.82, 2.24) is 5.32 Å². The highest BCUT2D eigenvalue weighted by Gasteiger charge is 2.18. The molecule has 3 heteroatoms. The summed E-state index contributed by atoms with van der Waals surface area (Å²) in [5.74, 6) is 0.251. The first-order valence-corrected chi connectivity index (χ1v) is 7.60. The van der Waals surface area contributed by atoms with Crippen LogP contribution in [0.5, 0.6) is 0 Å². The molecule has 0 aliphatic carbocycles. The molecule has 0 radical (unpaired) electrons. The van der Waals surface area contributed by atoms with Crippen LogP contribution in [0.2, 0.25) is 5.02 Å². The summed E-state index contributed by atoms with van der Waals surface area (Å²) >= 11 is 6.16. The van der Waals surface area contributed by atoms with Crippen molar-refractivity contribution in [3.8, 4) is 0 Å². The van der Waals surface area contributed by atoms with E-state index in [2.05, 4.69) is 43.4 Å². The lowest BCUT2D eigenvalue weighted by Crippen LogP contribution is -2.20. The van der Waals surface area contributed by atoms with Crippen molar-refractivity contribution in [1.29, 1.82) is 0 Å². The lowest BCUT2D eigenvalue weighted by atomic mass is 9.96. The Morgan fingerprint density at radius 2 is 1.76 bits per heavy atom. The van der Waals surface area contributed by atoms with Crippen molar-refractivity contribution in [3.63, 3.8) is 0 Å². The summed E-state index contributed by atoms with van der Waals surface area (Å²) in [6.45, 7) is 4.34. The zero-order valence-corrected chi connectivity index (χ0v) is 13.4. The van der Waals surface area contributed by atoms with Gasteiger partial charge in [-0.25, -0.2) is 4.39 Å². The molecule has 0 aromatic heterocycles. The highest BCUT2D eigenvalue weighted by atomic mass is 35.5. The standard InChI is InChI=1S/C18H21ClFN/c1-12(2)14-9-7-13(8-10-14)11-17(21-3)18-15(19)5-4-6-16(18)20/h4-10,12,17,21H,11H2,1-3H3. The number of likely N-dealkylation sites (N-methyl/N-ethyl adjacent to an activating group) is 1. The molecule has 0 aliphatic heterocycles. The minimum absolute atomic E-state index is 0.136. The molecule has 0 fully saturated rings. The molecule has 2 aromatic rings. The number of rotatable bonds is 5. The van der Waals surface area contributed by atoms with Crippen molar-refractivity contribution < 1.29 is 4.39 Å². The maximum atomic E-state index is 14.0. The van der Waals surface area contributed by atoms with Crippen molar-refractivity contribution in [2.75, 3.05) is 7.05 Å². The summed E-state index contributed by atoms with van der Waals surface area (Å²) in [6, 6.07) is 13.2. The Morgan fingerprint density at radius 1 is 1.10 bits per heavy atom. The lowest BCUT2D eigenvalue weighted by Gasteiger charge is -2.19. The Hall–Kier alpha value is -1.38. The van der Waals surface area contributed by atoms with Crippen molar-refractivity contribution in [2.45, 2.75) is 32.2 Å². The number of halogens is 2. The summed E-state index contributed by atoms with van der Waals surface area (Å²) in [7, 11) is 1.83. The fraction of sp³-hybridized carbons (Fsp3) is 0.333. The monoisotopic (exact) mass is 305 g/mol. The van der Waals surface area contributed by atoms with E-state index >= 15 is 0 Å². The van der Waals surface area contributed by atoms with E-state index in [9.17, 15) is 4.39 Å². The molecular formula is C18H21ClFN. The van der Waals surface area contributed by atoms with E-state index in [0.29, 0.717) is 22.9 Å². The topological polar surface area (TPSA) is 12.0 Å². The number of nitrogens with one attached hydrogen (secondary N) is 1. The van der Waals surface area contributed by atoms with Gasteiger partial charge in [0.15, 0.2) is 0 Å². The van der Waals surface area contributed by atoms with E-state index in [1.807, 2.05) is 7.05 Å². The number of hydrogen-bond donors (Lipinski definition) is 1. The van der Waals surface area contributed by atoms with Crippen LogP contribution in [0.1, 0.15) is 42.5 Å². The Kier molecular flexibility index (Phi) is 5.38. The fourth-order valence-corrected chi connectivity index (χ4v) is 2.76. The smallest absolute Gasteiger partial charge is 0.129 e. The summed E-state index contributed by atoms with van der Waals surface area (Å²) in [5.41, 5.74) is 3.01. The van der Waals surface area contributed by atoms with Gasteiger partial charge in [0.05, 0.1) is 0 Å². The highest BCUT2D eigenvalue weighted by Crippen LogP contribution is 2.28. The van der Waals surface area contributed by atoms with Gasteiger partial charge in [0, 0.05) is 16.6 Å². The maximum absolute atomic E-state index is 14.0. The van der Waals surface area contributed by atoms with Gasteiger partial charge in [0.1, 0.15) is 5.82 Å². The van der Waals surface area contributed by atoms with E-state index in [1.54, 1.807) is 12.1 Å². The first-order chi connectivity index (χ1) is 10.0. The van der Waals surface area contributed by atoms with Gasteiger partial charge in [0.2, 0.25) is 0 Å². The Bertz CT molecular complexity index is 572. The van der Waals surface area contributed by atoms with Gasteiger partial charge in [-0.1, -0.05) is 55.8 Å². The SMILES string of the molecule is CNC(Cc1ccc(C(C)C)cc1)c1c(F)cccc1Cl. The molecule has 1 atom stereocenters. The summed E-state index contributed by atoms with van der Waals surface area (Å²) < 4.78 is 14.0. The average molecular weight is 306 g/mol. The highest BCUT2D eigenvalue weighted by molar-refractivity contribution is 6.31. The second kappa shape index (κ2) is 7.06. The van der Waals surface area contributed by atoms with Gasteiger partial charge in [-0.05, 0) is 42.6 Å². The van der Waals surface area contributed by atoms with Crippen LogP contribution in [-0.2, 0) is 6.42 Å². The first-order valence-electron chi connectivity index (χ1n) is 7.23. The zero-order valence-electron chi connectivity index (χ0n) is 12.7. The zero-order chi connectivity index (χ0) is 15.4. The van der Waals surface area contributed by atoms with Gasteiger partial charge in [-0.2, -0.15) is 0 Å². The molecule has 2 aromatic carbocycles. The molecule has 0 heterocycles. The molecule has 0 spiro atoms. The van der Waals surface area contributed by atoms with E-state index in [-0.39, 0.29) is 11.9 Å². The van der Waals surface area contributed by atoms with Crippen LogP contribution in [0.25, 0.3) is 0 Å².